The molecule has 4 rings (SSSR count). The van der Waals surface area contributed by atoms with Crippen molar-refractivity contribution in [3.05, 3.63) is 90.5 Å². The topological polar surface area (TPSA) is 83.7 Å². The number of aliphatic hydroxyl groups excluding tert-OH is 2. The van der Waals surface area contributed by atoms with Crippen molar-refractivity contribution in [2.24, 2.45) is 0 Å². The number of rotatable bonds is 6. The average molecular weight is 459 g/mol. The van der Waals surface area contributed by atoms with Crippen LogP contribution in [0.1, 0.15) is 32.4 Å². The molecule has 0 fully saturated rings. The van der Waals surface area contributed by atoms with E-state index < -0.39 is 23.9 Å². The van der Waals surface area contributed by atoms with Crippen molar-refractivity contribution in [2.45, 2.75) is 38.6 Å². The van der Waals surface area contributed by atoms with Gasteiger partial charge in [-0.1, -0.05) is 66.7 Å². The molecule has 3 aromatic carbocycles. The summed E-state index contributed by atoms with van der Waals surface area (Å²) >= 11 is 0. The van der Waals surface area contributed by atoms with Gasteiger partial charge in [-0.25, -0.2) is 4.79 Å². The zero-order chi connectivity index (χ0) is 24.3. The Balaban J connectivity index is 1.80. The van der Waals surface area contributed by atoms with Crippen molar-refractivity contribution in [3.8, 4) is 16.9 Å². The molecule has 0 radical (unpaired) electrons. The molecule has 2 unspecified atom stereocenters. The molecule has 1 amide bonds. The van der Waals surface area contributed by atoms with Gasteiger partial charge in [0.25, 0.3) is 0 Å². The summed E-state index contributed by atoms with van der Waals surface area (Å²) < 4.78 is 7.35. The number of nitrogens with zero attached hydrogens (tertiary/aromatic N) is 1. The Morgan fingerprint density at radius 2 is 1.50 bits per heavy atom. The number of carbonyl (C=O) groups excluding carboxylic acids is 1. The molecular formula is C28H30N2O4. The average Bonchev–Trinajstić information content (AvgIpc) is 3.17. The summed E-state index contributed by atoms with van der Waals surface area (Å²) in [6.07, 6.45) is -3.14. The number of amides is 1. The van der Waals surface area contributed by atoms with Crippen LogP contribution < -0.4 is 5.32 Å². The van der Waals surface area contributed by atoms with Gasteiger partial charge < -0.3 is 24.8 Å². The monoisotopic (exact) mass is 458 g/mol. The van der Waals surface area contributed by atoms with Crippen LogP contribution in [0.25, 0.3) is 27.8 Å². The van der Waals surface area contributed by atoms with Gasteiger partial charge in [0.05, 0.1) is 11.2 Å². The number of ether oxygens (including phenoxy) is 1. The van der Waals surface area contributed by atoms with Crippen molar-refractivity contribution >= 4 is 17.0 Å². The molecule has 3 N–H and O–H groups in total. The van der Waals surface area contributed by atoms with E-state index in [4.69, 9.17) is 4.74 Å². The van der Waals surface area contributed by atoms with Crippen LogP contribution in [0.3, 0.4) is 0 Å². The molecule has 0 bridgehead atoms. The number of hydrogen-bond donors (Lipinski definition) is 3. The summed E-state index contributed by atoms with van der Waals surface area (Å²) in [5, 5.41) is 25.7. The number of carbonyl (C=O) groups is 1. The molecule has 6 nitrogen and oxygen atoms in total. The van der Waals surface area contributed by atoms with E-state index in [-0.39, 0.29) is 6.54 Å². The number of para-hydroxylation sites is 2. The number of aromatic nitrogens is 1. The van der Waals surface area contributed by atoms with Gasteiger partial charge in [0.15, 0.2) is 0 Å². The normalized spacial score (nSPS) is 13.4. The minimum absolute atomic E-state index is 0.158. The van der Waals surface area contributed by atoms with Crippen LogP contribution in [0.4, 0.5) is 4.79 Å². The van der Waals surface area contributed by atoms with Crippen LogP contribution in [-0.4, -0.2) is 39.1 Å². The lowest BCUT2D eigenvalue weighted by atomic mass is 9.97. The van der Waals surface area contributed by atoms with Crippen LogP contribution >= 0.6 is 0 Å². The quantitative estimate of drug-likeness (QED) is 0.370. The highest BCUT2D eigenvalue weighted by atomic mass is 16.6. The summed E-state index contributed by atoms with van der Waals surface area (Å²) in [5.74, 6) is 0. The molecular weight excluding hydrogens is 428 g/mol. The molecule has 0 aliphatic rings. The molecule has 4 aromatic rings. The number of nitrogens with one attached hydrogen (secondary N) is 1. The number of aliphatic hydroxyl groups is 2. The molecule has 0 saturated heterocycles. The van der Waals surface area contributed by atoms with Gasteiger partial charge in [0.2, 0.25) is 0 Å². The second-order valence-corrected chi connectivity index (χ2v) is 9.21. The fourth-order valence-corrected chi connectivity index (χ4v) is 4.10. The molecule has 1 aromatic heterocycles. The molecule has 6 heteroatoms. The molecule has 2 atom stereocenters. The Labute approximate surface area is 199 Å². The predicted octanol–water partition coefficient (Wildman–Crippen LogP) is 5.22. The molecule has 0 aliphatic heterocycles. The van der Waals surface area contributed by atoms with Crippen LogP contribution in [0.5, 0.6) is 0 Å². The van der Waals surface area contributed by atoms with Crippen molar-refractivity contribution in [3.63, 3.8) is 0 Å². The zero-order valence-corrected chi connectivity index (χ0v) is 19.6. The van der Waals surface area contributed by atoms with Gasteiger partial charge in [-0.2, -0.15) is 0 Å². The Morgan fingerprint density at radius 3 is 2.15 bits per heavy atom. The minimum atomic E-state index is -1.25. The number of fused-ring (bicyclic) bond motifs is 1. The van der Waals surface area contributed by atoms with Gasteiger partial charge in [-0.15, -0.1) is 0 Å². The van der Waals surface area contributed by atoms with Gasteiger partial charge >= 0.3 is 6.09 Å². The van der Waals surface area contributed by atoms with Crippen LogP contribution in [-0.2, 0) is 4.74 Å². The van der Waals surface area contributed by atoms with Crippen LogP contribution in [0.15, 0.2) is 84.9 Å². The number of hydrogen-bond acceptors (Lipinski definition) is 4. The van der Waals surface area contributed by atoms with E-state index >= 15 is 0 Å². The smallest absolute Gasteiger partial charge is 0.407 e. The van der Waals surface area contributed by atoms with E-state index in [0.29, 0.717) is 5.56 Å². The Kier molecular flexibility index (Phi) is 6.72. The largest absolute Gasteiger partial charge is 0.444 e. The fourth-order valence-electron chi connectivity index (χ4n) is 4.10. The van der Waals surface area contributed by atoms with Gasteiger partial charge in [-0.3, -0.25) is 0 Å². The molecule has 0 spiro atoms. The first-order valence-corrected chi connectivity index (χ1v) is 11.3. The second-order valence-electron chi connectivity index (χ2n) is 9.21. The predicted molar refractivity (Wildman–Crippen MR) is 134 cm³/mol. The van der Waals surface area contributed by atoms with E-state index in [0.717, 1.165) is 27.8 Å². The Morgan fingerprint density at radius 1 is 0.912 bits per heavy atom. The third-order valence-electron chi connectivity index (χ3n) is 5.49. The standard InChI is InChI=1S/C28H30N2O4/c1-28(2,3)34-27(33)29-18-23(31)26(32)24-21-16-10-11-17-22(21)30(20-14-8-5-9-15-20)25(24)19-12-6-4-7-13-19/h4-17,23,26,31-32H,18H2,1-3H3,(H,29,33). The first-order valence-electron chi connectivity index (χ1n) is 11.3. The number of alkyl carbamates (subject to hydrolysis) is 1. The van der Waals surface area contributed by atoms with Gasteiger partial charge in [-0.05, 0) is 44.5 Å². The van der Waals surface area contributed by atoms with Crippen molar-refractivity contribution < 1.29 is 19.7 Å². The Hall–Kier alpha value is -3.61. The third-order valence-corrected chi connectivity index (χ3v) is 5.49. The van der Waals surface area contributed by atoms with Crippen molar-refractivity contribution in [1.82, 2.24) is 9.88 Å². The first kappa shape index (κ1) is 23.5. The zero-order valence-electron chi connectivity index (χ0n) is 19.6. The van der Waals surface area contributed by atoms with E-state index in [1.165, 1.54) is 0 Å². The highest BCUT2D eigenvalue weighted by molar-refractivity contribution is 5.94. The lowest BCUT2D eigenvalue weighted by molar-refractivity contribution is 0.0138. The Bertz CT molecular complexity index is 1260. The maximum absolute atomic E-state index is 12.1. The second kappa shape index (κ2) is 9.71. The first-order chi connectivity index (χ1) is 16.3. The SMILES string of the molecule is CC(C)(C)OC(=O)NCC(O)C(O)c1c(-c2ccccc2)n(-c2ccccc2)c2ccccc12. The van der Waals surface area contributed by atoms with Gasteiger partial charge in [0, 0.05) is 23.2 Å². The molecule has 34 heavy (non-hydrogen) atoms. The summed E-state index contributed by atoms with van der Waals surface area (Å²) in [5.41, 5.74) is 3.49. The highest BCUT2D eigenvalue weighted by Crippen LogP contribution is 2.40. The summed E-state index contributed by atoms with van der Waals surface area (Å²) in [7, 11) is 0. The van der Waals surface area contributed by atoms with E-state index in [9.17, 15) is 15.0 Å². The van der Waals surface area contributed by atoms with E-state index in [2.05, 4.69) is 9.88 Å². The van der Waals surface area contributed by atoms with Crippen molar-refractivity contribution in [2.75, 3.05) is 6.54 Å². The lowest BCUT2D eigenvalue weighted by Crippen LogP contribution is -2.38. The minimum Gasteiger partial charge on any atom is -0.444 e. The fraction of sp³-hybridized carbons (Fsp3) is 0.250. The summed E-state index contributed by atoms with van der Waals surface area (Å²) in [6.45, 7) is 5.14. The highest BCUT2D eigenvalue weighted by Gasteiger charge is 2.29. The van der Waals surface area contributed by atoms with Crippen molar-refractivity contribution in [1.29, 1.82) is 0 Å². The molecule has 0 saturated carbocycles. The van der Waals surface area contributed by atoms with Gasteiger partial charge in [0.1, 0.15) is 17.8 Å². The number of benzene rings is 3. The van der Waals surface area contributed by atoms with E-state index in [1.807, 2.05) is 84.9 Å². The maximum Gasteiger partial charge on any atom is 0.407 e. The summed E-state index contributed by atoms with van der Waals surface area (Å²) in [4.78, 5) is 12.1. The summed E-state index contributed by atoms with van der Waals surface area (Å²) in [6, 6.07) is 27.5. The maximum atomic E-state index is 12.1. The lowest BCUT2D eigenvalue weighted by Gasteiger charge is -2.23. The molecule has 0 aliphatic carbocycles. The molecule has 176 valence electrons. The van der Waals surface area contributed by atoms with Crippen LogP contribution in [0, 0.1) is 0 Å². The van der Waals surface area contributed by atoms with E-state index in [1.54, 1.807) is 20.8 Å². The molecule has 1 heterocycles. The third kappa shape index (κ3) is 4.98. The van der Waals surface area contributed by atoms with Crippen LogP contribution in [0.2, 0.25) is 0 Å².